The Labute approximate surface area is 108 Å². The molecule has 2 heteroatoms. The van der Waals surface area contributed by atoms with Crippen LogP contribution < -0.4 is 5.32 Å². The minimum absolute atomic E-state index is 0.0946. The maximum Gasteiger partial charge on any atom is 0.0812 e. The zero-order valence-corrected chi connectivity index (χ0v) is 12.4. The molecular weight excluding hydrogens is 210 g/mol. The summed E-state index contributed by atoms with van der Waals surface area (Å²) in [5.41, 5.74) is 0.0946. The van der Waals surface area contributed by atoms with Crippen LogP contribution >= 0.6 is 0 Å². The summed E-state index contributed by atoms with van der Waals surface area (Å²) < 4.78 is 6.45. The van der Waals surface area contributed by atoms with Crippen molar-refractivity contribution < 1.29 is 4.74 Å². The summed E-state index contributed by atoms with van der Waals surface area (Å²) >= 11 is 0. The van der Waals surface area contributed by atoms with Crippen molar-refractivity contribution in [1.82, 2.24) is 5.32 Å². The van der Waals surface area contributed by atoms with Gasteiger partial charge in [0.15, 0.2) is 0 Å². The van der Waals surface area contributed by atoms with E-state index in [0.29, 0.717) is 12.0 Å². The van der Waals surface area contributed by atoms with Gasteiger partial charge in [-0.3, -0.25) is 0 Å². The molecule has 0 radical (unpaired) electrons. The number of rotatable bonds is 6. The van der Waals surface area contributed by atoms with E-state index < -0.39 is 0 Å². The fraction of sp³-hybridized carbons (Fsp3) is 1.00. The Hall–Kier alpha value is -0.0800. The minimum Gasteiger partial charge on any atom is -0.370 e. The Morgan fingerprint density at radius 3 is 2.59 bits per heavy atom. The maximum absolute atomic E-state index is 6.45. The van der Waals surface area contributed by atoms with Gasteiger partial charge in [0.1, 0.15) is 0 Å². The van der Waals surface area contributed by atoms with Crippen molar-refractivity contribution >= 4 is 0 Å². The van der Waals surface area contributed by atoms with Gasteiger partial charge in [0.2, 0.25) is 0 Å². The average molecular weight is 241 g/mol. The van der Waals surface area contributed by atoms with Crippen LogP contribution in [0.1, 0.15) is 60.3 Å². The van der Waals surface area contributed by atoms with Crippen LogP contribution in [-0.4, -0.2) is 24.8 Å². The van der Waals surface area contributed by atoms with Gasteiger partial charge in [-0.05, 0) is 38.1 Å². The third-order valence-electron chi connectivity index (χ3n) is 4.12. The molecule has 1 N–H and O–H groups in total. The van der Waals surface area contributed by atoms with E-state index in [4.69, 9.17) is 4.74 Å². The van der Waals surface area contributed by atoms with Crippen molar-refractivity contribution in [3.63, 3.8) is 0 Å². The lowest BCUT2D eigenvalue weighted by atomic mass is 9.78. The van der Waals surface area contributed by atoms with Gasteiger partial charge in [0.05, 0.1) is 11.7 Å². The molecule has 102 valence electrons. The first-order chi connectivity index (χ1) is 7.99. The van der Waals surface area contributed by atoms with E-state index in [-0.39, 0.29) is 5.60 Å². The lowest BCUT2D eigenvalue weighted by Crippen LogP contribution is -2.48. The van der Waals surface area contributed by atoms with Crippen LogP contribution in [0, 0.1) is 11.8 Å². The van der Waals surface area contributed by atoms with E-state index >= 15 is 0 Å². The second-order valence-electron chi connectivity index (χ2n) is 6.23. The monoisotopic (exact) mass is 241 g/mol. The molecule has 0 saturated heterocycles. The standard InChI is InChI=1S/C15H31NO/c1-6-16-11-15(17-14(5)12(2)3)9-7-8-13(4)10-15/h12-14,16H,6-11H2,1-5H3. The van der Waals surface area contributed by atoms with Gasteiger partial charge >= 0.3 is 0 Å². The highest BCUT2D eigenvalue weighted by Gasteiger charge is 2.37. The van der Waals surface area contributed by atoms with Gasteiger partial charge in [-0.2, -0.15) is 0 Å². The number of ether oxygens (including phenoxy) is 1. The van der Waals surface area contributed by atoms with Gasteiger partial charge in [-0.15, -0.1) is 0 Å². The molecule has 1 fully saturated rings. The van der Waals surface area contributed by atoms with E-state index in [2.05, 4.69) is 39.9 Å². The molecule has 0 aliphatic heterocycles. The molecule has 3 atom stereocenters. The summed E-state index contributed by atoms with van der Waals surface area (Å²) in [6, 6.07) is 0. The highest BCUT2D eigenvalue weighted by molar-refractivity contribution is 4.90. The van der Waals surface area contributed by atoms with Gasteiger partial charge in [-0.25, -0.2) is 0 Å². The van der Waals surface area contributed by atoms with Crippen molar-refractivity contribution in [3.8, 4) is 0 Å². The molecule has 2 nitrogen and oxygen atoms in total. The highest BCUT2D eigenvalue weighted by atomic mass is 16.5. The van der Waals surface area contributed by atoms with Crippen LogP contribution in [0.3, 0.4) is 0 Å². The van der Waals surface area contributed by atoms with Gasteiger partial charge in [0, 0.05) is 6.54 Å². The Balaban J connectivity index is 2.63. The fourth-order valence-corrected chi connectivity index (χ4v) is 2.80. The number of likely N-dealkylation sites (N-methyl/N-ethyl adjacent to an activating group) is 1. The topological polar surface area (TPSA) is 21.3 Å². The van der Waals surface area contributed by atoms with E-state index in [1.165, 1.54) is 25.7 Å². The zero-order valence-electron chi connectivity index (χ0n) is 12.4. The minimum atomic E-state index is 0.0946. The molecule has 0 bridgehead atoms. The Morgan fingerprint density at radius 1 is 1.35 bits per heavy atom. The van der Waals surface area contributed by atoms with E-state index in [1.54, 1.807) is 0 Å². The second kappa shape index (κ2) is 6.75. The third-order valence-corrected chi connectivity index (χ3v) is 4.12. The highest BCUT2D eigenvalue weighted by Crippen LogP contribution is 2.36. The van der Waals surface area contributed by atoms with Crippen LogP contribution in [0.15, 0.2) is 0 Å². The largest absolute Gasteiger partial charge is 0.370 e. The summed E-state index contributed by atoms with van der Waals surface area (Å²) in [5.74, 6) is 1.41. The first kappa shape index (κ1) is 15.0. The molecule has 0 spiro atoms. The van der Waals surface area contributed by atoms with Crippen molar-refractivity contribution in [3.05, 3.63) is 0 Å². The number of hydrogen-bond acceptors (Lipinski definition) is 2. The zero-order chi connectivity index (χ0) is 12.9. The van der Waals surface area contributed by atoms with E-state index in [9.17, 15) is 0 Å². The molecule has 0 amide bonds. The summed E-state index contributed by atoms with van der Waals surface area (Å²) in [7, 11) is 0. The summed E-state index contributed by atoms with van der Waals surface area (Å²) in [6.45, 7) is 13.3. The molecule has 1 saturated carbocycles. The van der Waals surface area contributed by atoms with Crippen molar-refractivity contribution in [1.29, 1.82) is 0 Å². The van der Waals surface area contributed by atoms with Crippen LogP contribution in [-0.2, 0) is 4.74 Å². The fourth-order valence-electron chi connectivity index (χ4n) is 2.80. The summed E-state index contributed by atoms with van der Waals surface area (Å²) in [5, 5.41) is 3.50. The first-order valence-electron chi connectivity index (χ1n) is 7.37. The molecular formula is C15H31NO. The van der Waals surface area contributed by atoms with Crippen molar-refractivity contribution in [2.45, 2.75) is 72.0 Å². The third kappa shape index (κ3) is 4.59. The molecule has 0 heterocycles. The maximum atomic E-state index is 6.45. The van der Waals surface area contributed by atoms with Crippen LogP contribution in [0.5, 0.6) is 0 Å². The predicted molar refractivity (Wildman–Crippen MR) is 74.3 cm³/mol. The van der Waals surface area contributed by atoms with Gasteiger partial charge in [0.25, 0.3) is 0 Å². The average Bonchev–Trinajstić information content (AvgIpc) is 2.26. The first-order valence-corrected chi connectivity index (χ1v) is 7.37. The van der Waals surface area contributed by atoms with Crippen LogP contribution in [0.2, 0.25) is 0 Å². The molecule has 0 aromatic carbocycles. The van der Waals surface area contributed by atoms with E-state index in [0.717, 1.165) is 19.0 Å². The number of hydrogen-bond donors (Lipinski definition) is 1. The number of nitrogens with one attached hydrogen (secondary N) is 1. The SMILES string of the molecule is CCNCC1(OC(C)C(C)C)CCCC(C)C1. The van der Waals surface area contributed by atoms with Crippen molar-refractivity contribution in [2.75, 3.05) is 13.1 Å². The summed E-state index contributed by atoms with van der Waals surface area (Å²) in [6.07, 6.45) is 5.49. The van der Waals surface area contributed by atoms with E-state index in [1.807, 2.05) is 0 Å². The second-order valence-corrected chi connectivity index (χ2v) is 6.23. The molecule has 3 unspecified atom stereocenters. The van der Waals surface area contributed by atoms with Gasteiger partial charge in [-0.1, -0.05) is 40.5 Å². The molecule has 1 rings (SSSR count). The Bertz CT molecular complexity index is 217. The quantitative estimate of drug-likeness (QED) is 0.767. The van der Waals surface area contributed by atoms with Crippen molar-refractivity contribution in [2.24, 2.45) is 11.8 Å². The molecule has 17 heavy (non-hydrogen) atoms. The van der Waals surface area contributed by atoms with Crippen LogP contribution in [0.4, 0.5) is 0 Å². The Kier molecular flexibility index (Phi) is 5.94. The lowest BCUT2D eigenvalue weighted by molar-refractivity contribution is -0.127. The lowest BCUT2D eigenvalue weighted by Gasteiger charge is -2.42. The molecule has 0 aromatic rings. The van der Waals surface area contributed by atoms with Gasteiger partial charge < -0.3 is 10.1 Å². The smallest absolute Gasteiger partial charge is 0.0812 e. The normalized spacial score (nSPS) is 31.8. The van der Waals surface area contributed by atoms with Crippen LogP contribution in [0.25, 0.3) is 0 Å². The summed E-state index contributed by atoms with van der Waals surface area (Å²) in [4.78, 5) is 0. The predicted octanol–water partition coefficient (Wildman–Crippen LogP) is 3.61. The molecule has 0 aromatic heterocycles. The molecule has 1 aliphatic rings. The Morgan fingerprint density at radius 2 is 2.06 bits per heavy atom. The molecule has 1 aliphatic carbocycles.